The molecule has 0 heterocycles. The van der Waals surface area contributed by atoms with E-state index < -0.39 is 0 Å². The van der Waals surface area contributed by atoms with Gasteiger partial charge < -0.3 is 10.5 Å². The Bertz CT molecular complexity index is 373. The molecule has 1 aromatic rings. The molecule has 0 fully saturated rings. The molecule has 1 rings (SSSR count). The van der Waals surface area contributed by atoms with Crippen LogP contribution in [0.1, 0.15) is 25.3 Å². The second-order valence-electron chi connectivity index (χ2n) is 3.43. The van der Waals surface area contributed by atoms with Crippen LogP contribution in [0.2, 0.25) is 0 Å². The Kier molecular flexibility index (Phi) is 5.91. The first kappa shape index (κ1) is 13.6. The molecule has 0 radical (unpaired) electrons. The molecule has 0 spiro atoms. The number of rotatable bonds is 5. The molecule has 0 amide bonds. The highest BCUT2D eigenvalue weighted by atomic mass is 79.9. The highest BCUT2D eigenvalue weighted by Crippen LogP contribution is 2.25. The van der Waals surface area contributed by atoms with E-state index in [0.29, 0.717) is 5.69 Å². The van der Waals surface area contributed by atoms with E-state index in [0.717, 1.165) is 34.2 Å². The van der Waals surface area contributed by atoms with Gasteiger partial charge in [0.2, 0.25) is 0 Å². The summed E-state index contributed by atoms with van der Waals surface area (Å²) in [5.74, 6) is 0.828. The number of unbranched alkanes of at least 4 members (excludes halogenated alkanes) is 1. The van der Waals surface area contributed by atoms with Gasteiger partial charge in [-0.05, 0) is 62.1 Å². The summed E-state index contributed by atoms with van der Waals surface area (Å²) >= 11 is 6.61. The smallest absolute Gasteiger partial charge is 0.121 e. The monoisotopic (exact) mass is 347 g/mol. The van der Waals surface area contributed by atoms with Crippen molar-refractivity contribution in [3.8, 4) is 5.75 Å². The maximum Gasteiger partial charge on any atom is 0.121 e. The predicted molar refractivity (Wildman–Crippen MR) is 77.1 cm³/mol. The molecular formula is C12H15Br2NO. The SMILES string of the molecule is CCCCOc1ccc(C=C(Br)Br)c(N)c1. The lowest BCUT2D eigenvalue weighted by Crippen LogP contribution is -1.98. The molecule has 88 valence electrons. The van der Waals surface area contributed by atoms with Crippen molar-refractivity contribution in [3.63, 3.8) is 0 Å². The predicted octanol–water partition coefficient (Wildman–Crippen LogP) is 4.54. The first-order valence-electron chi connectivity index (χ1n) is 5.18. The van der Waals surface area contributed by atoms with E-state index in [2.05, 4.69) is 38.8 Å². The van der Waals surface area contributed by atoms with Gasteiger partial charge in [-0.2, -0.15) is 0 Å². The third-order valence-electron chi connectivity index (χ3n) is 2.09. The lowest BCUT2D eigenvalue weighted by molar-refractivity contribution is 0.309. The van der Waals surface area contributed by atoms with E-state index >= 15 is 0 Å². The minimum Gasteiger partial charge on any atom is -0.494 e. The molecule has 0 saturated carbocycles. The maximum absolute atomic E-state index is 5.91. The highest BCUT2D eigenvalue weighted by molar-refractivity contribution is 9.28. The summed E-state index contributed by atoms with van der Waals surface area (Å²) in [4.78, 5) is 0. The van der Waals surface area contributed by atoms with Gasteiger partial charge in [0.05, 0.1) is 10.00 Å². The number of ether oxygens (including phenoxy) is 1. The molecule has 1 aromatic carbocycles. The van der Waals surface area contributed by atoms with Crippen LogP contribution in [0.4, 0.5) is 5.69 Å². The lowest BCUT2D eigenvalue weighted by Gasteiger charge is -2.07. The van der Waals surface area contributed by atoms with Crippen molar-refractivity contribution in [1.29, 1.82) is 0 Å². The topological polar surface area (TPSA) is 35.2 Å². The van der Waals surface area contributed by atoms with Gasteiger partial charge in [-0.3, -0.25) is 0 Å². The van der Waals surface area contributed by atoms with Crippen LogP contribution in [0.3, 0.4) is 0 Å². The van der Waals surface area contributed by atoms with Crippen LogP contribution in [0, 0.1) is 0 Å². The second-order valence-corrected chi connectivity index (χ2v) is 6.20. The maximum atomic E-state index is 5.91. The largest absolute Gasteiger partial charge is 0.494 e. The fraction of sp³-hybridized carbons (Fsp3) is 0.333. The number of nitrogen functional groups attached to an aromatic ring is 1. The highest BCUT2D eigenvalue weighted by Gasteiger charge is 2.00. The van der Waals surface area contributed by atoms with Crippen LogP contribution in [0.5, 0.6) is 5.75 Å². The zero-order valence-corrected chi connectivity index (χ0v) is 12.3. The van der Waals surface area contributed by atoms with E-state index in [-0.39, 0.29) is 0 Å². The second kappa shape index (κ2) is 6.97. The summed E-state index contributed by atoms with van der Waals surface area (Å²) in [6.07, 6.45) is 4.10. The van der Waals surface area contributed by atoms with Gasteiger partial charge in [0.1, 0.15) is 5.75 Å². The normalized spacial score (nSPS) is 9.94. The van der Waals surface area contributed by atoms with E-state index in [9.17, 15) is 0 Å². The molecule has 16 heavy (non-hydrogen) atoms. The van der Waals surface area contributed by atoms with Gasteiger partial charge in [-0.1, -0.05) is 13.3 Å². The minimum atomic E-state index is 0.713. The van der Waals surface area contributed by atoms with Crippen LogP contribution in [-0.4, -0.2) is 6.61 Å². The average molecular weight is 349 g/mol. The number of halogens is 2. The van der Waals surface area contributed by atoms with Gasteiger partial charge in [0.15, 0.2) is 0 Å². The molecule has 0 atom stereocenters. The summed E-state index contributed by atoms with van der Waals surface area (Å²) in [7, 11) is 0. The molecule has 0 aliphatic heterocycles. The first-order chi connectivity index (χ1) is 7.63. The number of anilines is 1. The van der Waals surface area contributed by atoms with Crippen molar-refractivity contribution in [1.82, 2.24) is 0 Å². The van der Waals surface area contributed by atoms with E-state index in [1.807, 2.05) is 24.3 Å². The van der Waals surface area contributed by atoms with Crippen molar-refractivity contribution >= 4 is 43.6 Å². The van der Waals surface area contributed by atoms with Crippen molar-refractivity contribution in [2.75, 3.05) is 12.3 Å². The fourth-order valence-corrected chi connectivity index (χ4v) is 1.72. The fourth-order valence-electron chi connectivity index (χ4n) is 1.23. The Morgan fingerprint density at radius 3 is 2.75 bits per heavy atom. The van der Waals surface area contributed by atoms with E-state index in [1.165, 1.54) is 0 Å². The molecule has 0 aliphatic rings. The molecule has 4 heteroatoms. The van der Waals surface area contributed by atoms with E-state index in [4.69, 9.17) is 10.5 Å². The van der Waals surface area contributed by atoms with Crippen molar-refractivity contribution in [2.45, 2.75) is 19.8 Å². The zero-order valence-electron chi connectivity index (χ0n) is 9.17. The van der Waals surface area contributed by atoms with Gasteiger partial charge >= 0.3 is 0 Å². The van der Waals surface area contributed by atoms with E-state index in [1.54, 1.807) is 0 Å². The molecule has 0 aromatic heterocycles. The van der Waals surface area contributed by atoms with Crippen LogP contribution in [0.25, 0.3) is 6.08 Å². The Hall–Kier alpha value is -0.480. The molecular weight excluding hydrogens is 334 g/mol. The molecule has 0 unspecified atom stereocenters. The summed E-state index contributed by atoms with van der Waals surface area (Å²) in [6.45, 7) is 2.88. The molecule has 2 N–H and O–H groups in total. The van der Waals surface area contributed by atoms with Gasteiger partial charge in [0.25, 0.3) is 0 Å². The van der Waals surface area contributed by atoms with Crippen molar-refractivity contribution < 1.29 is 4.74 Å². The number of benzene rings is 1. The Morgan fingerprint density at radius 1 is 1.44 bits per heavy atom. The standard InChI is InChI=1S/C12H15Br2NO/c1-2-3-6-16-10-5-4-9(7-12(13)14)11(15)8-10/h4-5,7-8H,2-3,6,15H2,1H3. The third kappa shape index (κ3) is 4.58. The number of hydrogen-bond acceptors (Lipinski definition) is 2. The van der Waals surface area contributed by atoms with Crippen molar-refractivity contribution in [3.05, 3.63) is 27.2 Å². The zero-order chi connectivity index (χ0) is 12.0. The molecule has 0 bridgehead atoms. The lowest BCUT2D eigenvalue weighted by atomic mass is 10.2. The average Bonchev–Trinajstić information content (AvgIpc) is 2.22. The van der Waals surface area contributed by atoms with Crippen LogP contribution < -0.4 is 10.5 Å². The Balaban J connectivity index is 2.71. The number of hydrogen-bond donors (Lipinski definition) is 1. The summed E-state index contributed by atoms with van der Waals surface area (Å²) in [5.41, 5.74) is 7.59. The molecule has 0 aliphatic carbocycles. The van der Waals surface area contributed by atoms with Gasteiger partial charge in [-0.25, -0.2) is 0 Å². The van der Waals surface area contributed by atoms with Gasteiger partial charge in [-0.15, -0.1) is 0 Å². The summed E-state index contributed by atoms with van der Waals surface area (Å²) < 4.78 is 6.43. The van der Waals surface area contributed by atoms with Gasteiger partial charge in [0, 0.05) is 11.8 Å². The van der Waals surface area contributed by atoms with Crippen LogP contribution in [0.15, 0.2) is 21.6 Å². The third-order valence-corrected chi connectivity index (χ3v) is 2.55. The molecule has 2 nitrogen and oxygen atoms in total. The molecule has 0 saturated heterocycles. The summed E-state index contributed by atoms with van der Waals surface area (Å²) in [6, 6.07) is 5.73. The quantitative estimate of drug-likeness (QED) is 0.626. The van der Waals surface area contributed by atoms with Crippen molar-refractivity contribution in [2.24, 2.45) is 0 Å². The van der Waals surface area contributed by atoms with Crippen LogP contribution in [-0.2, 0) is 0 Å². The Morgan fingerprint density at radius 2 is 2.19 bits per heavy atom. The Labute approximate surface area is 113 Å². The summed E-state index contributed by atoms with van der Waals surface area (Å²) in [5, 5.41) is 0. The van der Waals surface area contributed by atoms with Crippen LogP contribution >= 0.6 is 31.9 Å². The number of nitrogens with two attached hydrogens (primary N) is 1. The first-order valence-corrected chi connectivity index (χ1v) is 6.77. The minimum absolute atomic E-state index is 0.713.